The number of nitrogens with zero attached hydrogens (tertiary/aromatic N) is 2. The zero-order valence-corrected chi connectivity index (χ0v) is 16.7. The molecular weight excluding hydrogens is 468 g/mol. The van der Waals surface area contributed by atoms with Gasteiger partial charge in [0.2, 0.25) is 10.9 Å². The van der Waals surface area contributed by atoms with E-state index in [1.54, 1.807) is 0 Å². The average molecular weight is 481 g/mol. The van der Waals surface area contributed by atoms with Crippen molar-refractivity contribution in [2.75, 3.05) is 5.32 Å². The first kappa shape index (κ1) is 23.5. The maximum Gasteiger partial charge on any atom is 0.573 e. The summed E-state index contributed by atoms with van der Waals surface area (Å²) in [6.45, 7) is 1.48. The van der Waals surface area contributed by atoms with E-state index in [-0.39, 0.29) is 22.9 Å². The molecule has 14 heteroatoms. The van der Waals surface area contributed by atoms with Crippen LogP contribution in [-0.2, 0) is 12.6 Å². The third-order valence-electron chi connectivity index (χ3n) is 3.75. The van der Waals surface area contributed by atoms with E-state index in [9.17, 15) is 36.2 Å². The number of aliphatic hydroxyl groups is 1. The predicted molar refractivity (Wildman–Crippen MR) is 99.1 cm³/mol. The van der Waals surface area contributed by atoms with E-state index in [1.165, 1.54) is 13.0 Å². The molecular formula is C18H13F6N3O4S. The largest absolute Gasteiger partial charge is 0.573 e. The molecule has 0 saturated heterocycles. The molecule has 2 aromatic heterocycles. The minimum absolute atomic E-state index is 0.0758. The summed E-state index contributed by atoms with van der Waals surface area (Å²) in [5.41, 5.74) is -1.08. The molecule has 0 radical (unpaired) electrons. The first-order chi connectivity index (χ1) is 14.8. The number of rotatable bonds is 6. The van der Waals surface area contributed by atoms with Crippen molar-refractivity contribution in [3.8, 4) is 17.1 Å². The fourth-order valence-electron chi connectivity index (χ4n) is 2.58. The number of halogens is 6. The molecule has 0 fully saturated rings. The number of ether oxygens (including phenoxy) is 1. The second-order valence-corrected chi connectivity index (χ2v) is 7.20. The molecule has 0 aliphatic heterocycles. The van der Waals surface area contributed by atoms with Gasteiger partial charge in [0, 0.05) is 23.5 Å². The van der Waals surface area contributed by atoms with Gasteiger partial charge in [0.25, 0.3) is 5.91 Å². The number of hydrogen-bond donors (Lipinski definition) is 2. The van der Waals surface area contributed by atoms with Crippen LogP contribution in [0.2, 0.25) is 0 Å². The van der Waals surface area contributed by atoms with E-state index in [2.05, 4.69) is 19.4 Å². The number of alkyl halides is 6. The molecule has 0 saturated carbocycles. The minimum atomic E-state index is -5.07. The highest BCUT2D eigenvalue weighted by molar-refractivity contribution is 7.09. The van der Waals surface area contributed by atoms with Crippen molar-refractivity contribution in [3.63, 3.8) is 0 Å². The highest BCUT2D eigenvalue weighted by atomic mass is 32.1. The fraction of sp³-hybridized carbons (Fsp3) is 0.278. The molecule has 2 N–H and O–H groups in total. The number of carbonyl (C=O) groups is 1. The Kier molecular flexibility index (Phi) is 6.46. The molecule has 32 heavy (non-hydrogen) atoms. The zero-order valence-electron chi connectivity index (χ0n) is 15.9. The van der Waals surface area contributed by atoms with E-state index < -0.39 is 47.4 Å². The molecule has 7 nitrogen and oxygen atoms in total. The third kappa shape index (κ3) is 5.97. The number of aromatic nitrogens is 2. The molecule has 1 atom stereocenters. The number of benzene rings is 1. The van der Waals surface area contributed by atoms with Gasteiger partial charge in [0.1, 0.15) is 17.3 Å². The summed E-state index contributed by atoms with van der Waals surface area (Å²) in [5, 5.41) is 11.4. The van der Waals surface area contributed by atoms with Gasteiger partial charge in [-0.3, -0.25) is 10.1 Å². The monoisotopic (exact) mass is 481 g/mol. The van der Waals surface area contributed by atoms with Gasteiger partial charge in [-0.1, -0.05) is 12.1 Å². The predicted octanol–water partition coefficient (Wildman–Crippen LogP) is 4.89. The molecule has 0 aliphatic carbocycles. The molecule has 1 unspecified atom stereocenters. The van der Waals surface area contributed by atoms with Gasteiger partial charge < -0.3 is 14.3 Å². The van der Waals surface area contributed by atoms with Crippen LogP contribution in [0.3, 0.4) is 0 Å². The lowest BCUT2D eigenvalue weighted by Gasteiger charge is -2.09. The van der Waals surface area contributed by atoms with Crippen molar-refractivity contribution in [2.45, 2.75) is 32.0 Å². The summed E-state index contributed by atoms with van der Waals surface area (Å²) in [5.74, 6) is -3.84. The lowest BCUT2D eigenvalue weighted by molar-refractivity contribution is -0.274. The SMILES string of the molecule is CC(O)Cc1nsc(NC(=O)c2cc(-c3cccc(OC(F)(F)F)c3)oc2C(F)(F)F)n1. The van der Waals surface area contributed by atoms with Crippen LogP contribution in [0.5, 0.6) is 5.75 Å². The Morgan fingerprint density at radius 2 is 1.97 bits per heavy atom. The molecule has 3 rings (SSSR count). The maximum absolute atomic E-state index is 13.4. The van der Waals surface area contributed by atoms with Crippen molar-refractivity contribution < 1.29 is 45.4 Å². The maximum atomic E-state index is 13.4. The van der Waals surface area contributed by atoms with E-state index in [4.69, 9.17) is 4.42 Å². The minimum Gasteiger partial charge on any atom is -0.451 e. The smallest absolute Gasteiger partial charge is 0.451 e. The average Bonchev–Trinajstić information content (AvgIpc) is 3.27. The van der Waals surface area contributed by atoms with E-state index in [1.807, 2.05) is 0 Å². The molecule has 0 bridgehead atoms. The number of aliphatic hydroxyl groups excluding tert-OH is 1. The zero-order chi connectivity index (χ0) is 23.7. The highest BCUT2D eigenvalue weighted by Gasteiger charge is 2.41. The number of carbonyl (C=O) groups excluding carboxylic acids is 1. The fourth-order valence-corrected chi connectivity index (χ4v) is 3.17. The van der Waals surface area contributed by atoms with Gasteiger partial charge in [-0.15, -0.1) is 13.2 Å². The summed E-state index contributed by atoms with van der Waals surface area (Å²) in [7, 11) is 0. The van der Waals surface area contributed by atoms with Crippen LogP contribution in [0.1, 0.15) is 28.9 Å². The lowest BCUT2D eigenvalue weighted by atomic mass is 10.1. The Balaban J connectivity index is 1.91. The van der Waals surface area contributed by atoms with Gasteiger partial charge in [0.05, 0.1) is 11.7 Å². The lowest BCUT2D eigenvalue weighted by Crippen LogP contribution is -2.17. The molecule has 0 aliphatic rings. The summed E-state index contributed by atoms with van der Waals surface area (Å²) < 4.78 is 89.9. The first-order valence-electron chi connectivity index (χ1n) is 8.71. The number of hydrogen-bond acceptors (Lipinski definition) is 7. The van der Waals surface area contributed by atoms with Gasteiger partial charge in [0.15, 0.2) is 0 Å². The Hall–Kier alpha value is -3.13. The van der Waals surface area contributed by atoms with Gasteiger partial charge in [-0.2, -0.15) is 17.5 Å². The molecule has 1 amide bonds. The number of nitrogens with one attached hydrogen (secondary N) is 1. The normalized spacial score (nSPS) is 13.1. The first-order valence-corrected chi connectivity index (χ1v) is 9.48. The Morgan fingerprint density at radius 1 is 1.25 bits per heavy atom. The quantitative estimate of drug-likeness (QED) is 0.487. The van der Waals surface area contributed by atoms with Crippen LogP contribution in [-0.4, -0.2) is 32.8 Å². The van der Waals surface area contributed by atoms with E-state index in [0.29, 0.717) is 11.5 Å². The molecule has 0 spiro atoms. The van der Waals surface area contributed by atoms with Crippen molar-refractivity contribution in [3.05, 3.63) is 47.5 Å². The van der Waals surface area contributed by atoms with Crippen molar-refractivity contribution >= 4 is 22.6 Å². The Labute approximate surface area is 179 Å². The third-order valence-corrected chi connectivity index (χ3v) is 4.42. The number of anilines is 1. The van der Waals surface area contributed by atoms with Gasteiger partial charge >= 0.3 is 12.5 Å². The molecule has 3 aromatic rings. The summed E-state index contributed by atoms with van der Waals surface area (Å²) in [6.07, 6.45) is -10.8. The van der Waals surface area contributed by atoms with Crippen molar-refractivity contribution in [2.24, 2.45) is 0 Å². The number of amides is 1. The van der Waals surface area contributed by atoms with E-state index >= 15 is 0 Å². The van der Waals surface area contributed by atoms with Crippen LogP contribution < -0.4 is 10.1 Å². The van der Waals surface area contributed by atoms with Crippen molar-refractivity contribution in [1.29, 1.82) is 0 Å². The van der Waals surface area contributed by atoms with Crippen molar-refractivity contribution in [1.82, 2.24) is 9.36 Å². The second-order valence-electron chi connectivity index (χ2n) is 6.45. The highest BCUT2D eigenvalue weighted by Crippen LogP contribution is 2.38. The molecule has 172 valence electrons. The van der Waals surface area contributed by atoms with Gasteiger partial charge in [-0.25, -0.2) is 4.98 Å². The Morgan fingerprint density at radius 3 is 2.59 bits per heavy atom. The Bertz CT molecular complexity index is 1110. The summed E-state index contributed by atoms with van der Waals surface area (Å²) in [4.78, 5) is 16.4. The van der Waals surface area contributed by atoms with Crippen LogP contribution in [0, 0.1) is 0 Å². The standard InChI is InChI=1S/C18H13F6N3O4S/c1-8(28)5-13-25-16(32-27-13)26-15(29)11-7-12(30-14(11)17(19,20)21)9-3-2-4-10(6-9)31-18(22,23)24/h2-4,6-8,28H,5H2,1H3,(H,25,26,27,29). The van der Waals surface area contributed by atoms with Crippen LogP contribution in [0.4, 0.5) is 31.5 Å². The molecule has 2 heterocycles. The van der Waals surface area contributed by atoms with Crippen LogP contribution >= 0.6 is 11.5 Å². The van der Waals surface area contributed by atoms with Gasteiger partial charge in [-0.05, 0) is 25.1 Å². The summed E-state index contributed by atoms with van der Waals surface area (Å²) in [6, 6.07) is 4.84. The topological polar surface area (TPSA) is 97.5 Å². The molecule has 1 aromatic carbocycles. The van der Waals surface area contributed by atoms with Crippen LogP contribution in [0.25, 0.3) is 11.3 Å². The van der Waals surface area contributed by atoms with Crippen LogP contribution in [0.15, 0.2) is 34.7 Å². The van der Waals surface area contributed by atoms with E-state index in [0.717, 1.165) is 24.3 Å². The second kappa shape index (κ2) is 8.78. The number of furan rings is 1. The summed E-state index contributed by atoms with van der Waals surface area (Å²) >= 11 is 0.699.